The molecule has 0 aliphatic heterocycles. The molecular weight excluding hydrogens is 397 g/mol. The lowest BCUT2D eigenvalue weighted by Crippen LogP contribution is -2.33. The van der Waals surface area contributed by atoms with E-state index in [0.29, 0.717) is 13.1 Å². The standard InChI is InChI=1S/C22H17Cl2NO3/c23-19-11-17(18(22(27)28)12-20(19)24)21(26)25(13-15-7-3-1-4-8-15)14-16-9-5-2-6-10-16/h1-12H,13-14H2,(H,27,28)/p-1. The number of aromatic carboxylic acids is 1. The van der Waals surface area contributed by atoms with E-state index in [4.69, 9.17) is 23.2 Å². The molecule has 0 aliphatic carbocycles. The molecular formula is C22H16Cl2NO3-. The first-order valence-electron chi connectivity index (χ1n) is 8.53. The summed E-state index contributed by atoms with van der Waals surface area (Å²) < 4.78 is 0. The van der Waals surface area contributed by atoms with E-state index in [2.05, 4.69) is 0 Å². The Morgan fingerprint density at radius 2 is 1.18 bits per heavy atom. The average Bonchev–Trinajstić information content (AvgIpc) is 2.70. The van der Waals surface area contributed by atoms with Crippen LogP contribution in [-0.4, -0.2) is 16.8 Å². The second kappa shape index (κ2) is 8.91. The van der Waals surface area contributed by atoms with Crippen LogP contribution in [0.3, 0.4) is 0 Å². The number of benzene rings is 3. The third kappa shape index (κ3) is 4.71. The third-order valence-electron chi connectivity index (χ3n) is 4.23. The van der Waals surface area contributed by atoms with Crippen LogP contribution in [0.5, 0.6) is 0 Å². The van der Waals surface area contributed by atoms with Crippen molar-refractivity contribution in [3.05, 3.63) is 105 Å². The molecule has 0 unspecified atom stereocenters. The van der Waals surface area contributed by atoms with Gasteiger partial charge in [0.1, 0.15) is 0 Å². The molecule has 28 heavy (non-hydrogen) atoms. The predicted molar refractivity (Wildman–Crippen MR) is 107 cm³/mol. The van der Waals surface area contributed by atoms with Crippen LogP contribution in [0.15, 0.2) is 72.8 Å². The average molecular weight is 413 g/mol. The second-order valence-corrected chi connectivity index (χ2v) is 7.05. The van der Waals surface area contributed by atoms with E-state index >= 15 is 0 Å². The minimum Gasteiger partial charge on any atom is -0.545 e. The molecule has 0 bridgehead atoms. The predicted octanol–water partition coefficient (Wildman–Crippen LogP) is 4.20. The van der Waals surface area contributed by atoms with E-state index < -0.39 is 11.9 Å². The molecule has 0 saturated carbocycles. The van der Waals surface area contributed by atoms with E-state index in [9.17, 15) is 14.7 Å². The fourth-order valence-electron chi connectivity index (χ4n) is 2.87. The lowest BCUT2D eigenvalue weighted by atomic mass is 10.0. The number of carboxylic acid groups (broad SMARTS) is 1. The third-order valence-corrected chi connectivity index (χ3v) is 4.95. The zero-order valence-corrected chi connectivity index (χ0v) is 16.3. The maximum Gasteiger partial charge on any atom is 0.255 e. The molecule has 142 valence electrons. The van der Waals surface area contributed by atoms with Crippen molar-refractivity contribution in [2.24, 2.45) is 0 Å². The van der Waals surface area contributed by atoms with E-state index in [1.807, 2.05) is 60.7 Å². The summed E-state index contributed by atoms with van der Waals surface area (Å²) in [6.07, 6.45) is 0. The molecule has 1 amide bonds. The van der Waals surface area contributed by atoms with Gasteiger partial charge in [-0.3, -0.25) is 4.79 Å². The Hall–Kier alpha value is -2.82. The summed E-state index contributed by atoms with van der Waals surface area (Å²) in [5.74, 6) is -1.95. The molecule has 3 rings (SSSR count). The lowest BCUT2D eigenvalue weighted by Gasteiger charge is -2.25. The number of halogens is 2. The smallest absolute Gasteiger partial charge is 0.255 e. The van der Waals surface area contributed by atoms with Gasteiger partial charge in [-0.05, 0) is 23.3 Å². The van der Waals surface area contributed by atoms with Gasteiger partial charge >= 0.3 is 0 Å². The van der Waals surface area contributed by atoms with Gasteiger partial charge in [0.05, 0.1) is 21.6 Å². The van der Waals surface area contributed by atoms with Crippen molar-refractivity contribution in [2.45, 2.75) is 13.1 Å². The summed E-state index contributed by atoms with van der Waals surface area (Å²) in [6, 6.07) is 21.3. The number of amides is 1. The van der Waals surface area contributed by atoms with Crippen molar-refractivity contribution >= 4 is 35.1 Å². The molecule has 0 N–H and O–H groups in total. The highest BCUT2D eigenvalue weighted by Gasteiger charge is 2.22. The molecule has 3 aromatic rings. The van der Waals surface area contributed by atoms with Crippen molar-refractivity contribution in [1.29, 1.82) is 0 Å². The Balaban J connectivity index is 2.01. The molecule has 0 aliphatic rings. The number of carbonyl (C=O) groups is 2. The fourth-order valence-corrected chi connectivity index (χ4v) is 3.20. The van der Waals surface area contributed by atoms with Crippen molar-refractivity contribution in [3.63, 3.8) is 0 Å². The molecule has 0 fully saturated rings. The monoisotopic (exact) mass is 412 g/mol. The Morgan fingerprint density at radius 3 is 1.61 bits per heavy atom. The first kappa shape index (κ1) is 19.9. The second-order valence-electron chi connectivity index (χ2n) is 6.23. The van der Waals surface area contributed by atoms with Crippen molar-refractivity contribution in [2.75, 3.05) is 0 Å². The van der Waals surface area contributed by atoms with E-state index in [-0.39, 0.29) is 21.2 Å². The highest BCUT2D eigenvalue weighted by molar-refractivity contribution is 6.42. The molecule has 0 heterocycles. The summed E-state index contributed by atoms with van der Waals surface area (Å²) in [4.78, 5) is 26.4. The van der Waals surface area contributed by atoms with Gasteiger partial charge in [-0.2, -0.15) is 0 Å². The highest BCUT2D eigenvalue weighted by Crippen LogP contribution is 2.27. The fraction of sp³-hybridized carbons (Fsp3) is 0.0909. The Kier molecular flexibility index (Phi) is 6.34. The maximum atomic E-state index is 13.3. The largest absolute Gasteiger partial charge is 0.545 e. The van der Waals surface area contributed by atoms with Gasteiger partial charge in [0, 0.05) is 18.7 Å². The number of rotatable bonds is 6. The molecule has 3 aromatic carbocycles. The van der Waals surface area contributed by atoms with Crippen molar-refractivity contribution in [1.82, 2.24) is 4.90 Å². The zero-order chi connectivity index (χ0) is 20.1. The van der Waals surface area contributed by atoms with Gasteiger partial charge in [0.2, 0.25) is 0 Å². The normalized spacial score (nSPS) is 10.5. The minimum atomic E-state index is -1.48. The van der Waals surface area contributed by atoms with Gasteiger partial charge in [0.15, 0.2) is 0 Å². The topological polar surface area (TPSA) is 60.4 Å². The number of carboxylic acids is 1. The quantitative estimate of drug-likeness (QED) is 0.609. The first-order chi connectivity index (χ1) is 13.5. The zero-order valence-electron chi connectivity index (χ0n) is 14.8. The van der Waals surface area contributed by atoms with E-state index in [0.717, 1.165) is 17.2 Å². The molecule has 0 radical (unpaired) electrons. The van der Waals surface area contributed by atoms with Crippen molar-refractivity contribution in [3.8, 4) is 0 Å². The molecule has 4 nitrogen and oxygen atoms in total. The Morgan fingerprint density at radius 1 is 0.750 bits per heavy atom. The Bertz CT molecular complexity index is 950. The van der Waals surface area contributed by atoms with Crippen LogP contribution < -0.4 is 5.11 Å². The SMILES string of the molecule is O=C([O-])c1cc(Cl)c(Cl)cc1C(=O)N(Cc1ccccc1)Cc1ccccc1. The molecule has 0 spiro atoms. The lowest BCUT2D eigenvalue weighted by molar-refractivity contribution is -0.255. The molecule has 6 heteroatoms. The van der Waals surface area contributed by atoms with E-state index in [1.165, 1.54) is 6.07 Å². The van der Waals surface area contributed by atoms with Gasteiger partial charge in [0.25, 0.3) is 5.91 Å². The summed E-state index contributed by atoms with van der Waals surface area (Å²) in [6.45, 7) is 0.614. The highest BCUT2D eigenvalue weighted by atomic mass is 35.5. The van der Waals surface area contributed by atoms with Crippen LogP contribution in [-0.2, 0) is 13.1 Å². The summed E-state index contributed by atoms with van der Waals surface area (Å²) >= 11 is 12.0. The molecule has 0 saturated heterocycles. The summed E-state index contributed by atoms with van der Waals surface area (Å²) in [5.41, 5.74) is 1.50. The maximum absolute atomic E-state index is 13.3. The van der Waals surface area contributed by atoms with Gasteiger partial charge in [-0.25, -0.2) is 0 Å². The van der Waals surface area contributed by atoms with Crippen LogP contribution in [0, 0.1) is 0 Å². The number of carbonyl (C=O) groups excluding carboxylic acids is 2. The van der Waals surface area contributed by atoms with Crippen LogP contribution in [0.25, 0.3) is 0 Å². The van der Waals surface area contributed by atoms with Crippen LogP contribution in [0.2, 0.25) is 10.0 Å². The summed E-state index contributed by atoms with van der Waals surface area (Å²) in [7, 11) is 0. The number of hydrogen-bond acceptors (Lipinski definition) is 3. The minimum absolute atomic E-state index is 0.0510. The summed E-state index contributed by atoms with van der Waals surface area (Å²) in [5, 5.41) is 11.7. The Labute approximate surface area is 172 Å². The van der Waals surface area contributed by atoms with Crippen LogP contribution in [0.4, 0.5) is 0 Å². The van der Waals surface area contributed by atoms with Crippen LogP contribution >= 0.6 is 23.2 Å². The van der Waals surface area contributed by atoms with Gasteiger partial charge in [-0.15, -0.1) is 0 Å². The number of hydrogen-bond donors (Lipinski definition) is 0. The van der Waals surface area contributed by atoms with Crippen LogP contribution in [0.1, 0.15) is 31.8 Å². The van der Waals surface area contributed by atoms with Gasteiger partial charge < -0.3 is 14.8 Å². The van der Waals surface area contributed by atoms with Crippen molar-refractivity contribution < 1.29 is 14.7 Å². The number of nitrogens with zero attached hydrogens (tertiary/aromatic N) is 1. The molecule has 0 aromatic heterocycles. The first-order valence-corrected chi connectivity index (χ1v) is 9.29. The van der Waals surface area contributed by atoms with E-state index in [1.54, 1.807) is 4.90 Å². The molecule has 0 atom stereocenters. The van der Waals surface area contributed by atoms with Gasteiger partial charge in [-0.1, -0.05) is 83.9 Å².